The molecule has 0 aliphatic heterocycles. The van der Waals surface area contributed by atoms with Crippen molar-refractivity contribution in [1.29, 1.82) is 0 Å². The zero-order valence-electron chi connectivity index (χ0n) is 12.1. The molecule has 0 amide bonds. The number of carbonyl (C=O) groups is 1. The lowest BCUT2D eigenvalue weighted by molar-refractivity contribution is -0.146. The Morgan fingerprint density at radius 2 is 1.95 bits per heavy atom. The summed E-state index contributed by atoms with van der Waals surface area (Å²) in [5.41, 5.74) is 0.576. The lowest BCUT2D eigenvalue weighted by atomic mass is 10.0. The van der Waals surface area contributed by atoms with Crippen molar-refractivity contribution in [3.8, 4) is 0 Å². The number of hydrogen-bond acceptors (Lipinski definition) is 4. The van der Waals surface area contributed by atoms with Crippen molar-refractivity contribution in [2.75, 3.05) is 20.3 Å². The maximum absolute atomic E-state index is 12.1. The van der Waals surface area contributed by atoms with Crippen molar-refractivity contribution >= 4 is 5.97 Å². The molecule has 4 heteroatoms. The molecule has 106 valence electrons. The van der Waals surface area contributed by atoms with Gasteiger partial charge in [-0.1, -0.05) is 30.3 Å². The number of carbonyl (C=O) groups excluding carboxylic acids is 1. The van der Waals surface area contributed by atoms with Gasteiger partial charge >= 0.3 is 5.97 Å². The molecule has 0 aromatic heterocycles. The first-order valence-electron chi connectivity index (χ1n) is 6.48. The minimum Gasteiger partial charge on any atom is -0.465 e. The number of benzene rings is 1. The molecular formula is C15H23NO3. The highest BCUT2D eigenvalue weighted by molar-refractivity contribution is 5.77. The molecule has 0 heterocycles. The van der Waals surface area contributed by atoms with Crippen LogP contribution in [0.2, 0.25) is 0 Å². The highest BCUT2D eigenvalue weighted by Gasteiger charge is 2.29. The first-order chi connectivity index (χ1) is 9.00. The van der Waals surface area contributed by atoms with E-state index in [2.05, 4.69) is 5.32 Å². The van der Waals surface area contributed by atoms with Crippen LogP contribution in [0.25, 0.3) is 0 Å². The molecule has 19 heavy (non-hydrogen) atoms. The van der Waals surface area contributed by atoms with E-state index in [-0.39, 0.29) is 11.5 Å². The second-order valence-electron chi connectivity index (χ2n) is 5.06. The molecule has 1 aromatic rings. The van der Waals surface area contributed by atoms with Gasteiger partial charge in [0.1, 0.15) is 6.04 Å². The van der Waals surface area contributed by atoms with E-state index in [0.717, 1.165) is 5.56 Å². The third kappa shape index (κ3) is 5.01. The first kappa shape index (κ1) is 15.7. The number of rotatable bonds is 7. The van der Waals surface area contributed by atoms with Crippen LogP contribution in [0.1, 0.15) is 32.4 Å². The number of hydrogen-bond donors (Lipinski definition) is 1. The largest absolute Gasteiger partial charge is 0.465 e. The molecule has 0 saturated carbocycles. The van der Waals surface area contributed by atoms with Gasteiger partial charge in [0.05, 0.1) is 13.2 Å². The predicted molar refractivity (Wildman–Crippen MR) is 74.9 cm³/mol. The lowest BCUT2D eigenvalue weighted by Gasteiger charge is -2.30. The van der Waals surface area contributed by atoms with Crippen molar-refractivity contribution in [2.24, 2.45) is 0 Å². The fraction of sp³-hybridized carbons (Fsp3) is 0.533. The van der Waals surface area contributed by atoms with Crippen LogP contribution in [0, 0.1) is 0 Å². The van der Waals surface area contributed by atoms with E-state index in [1.54, 1.807) is 14.0 Å². The van der Waals surface area contributed by atoms with E-state index in [1.165, 1.54) is 0 Å². The minimum absolute atomic E-state index is 0.266. The summed E-state index contributed by atoms with van der Waals surface area (Å²) in [4.78, 5) is 12.1. The van der Waals surface area contributed by atoms with Gasteiger partial charge in [-0.2, -0.15) is 0 Å². The number of nitrogens with one attached hydrogen (secondary N) is 1. The molecule has 0 spiro atoms. The summed E-state index contributed by atoms with van der Waals surface area (Å²) in [6, 6.07) is 9.09. The zero-order valence-corrected chi connectivity index (χ0v) is 12.1. The molecule has 1 N–H and O–H groups in total. The van der Waals surface area contributed by atoms with E-state index < -0.39 is 6.04 Å². The quantitative estimate of drug-likeness (QED) is 0.769. The summed E-state index contributed by atoms with van der Waals surface area (Å²) in [6.07, 6.45) is 0. The topological polar surface area (TPSA) is 47.6 Å². The van der Waals surface area contributed by atoms with Gasteiger partial charge in [0.25, 0.3) is 0 Å². The molecule has 1 rings (SSSR count). The van der Waals surface area contributed by atoms with Crippen molar-refractivity contribution in [2.45, 2.75) is 32.4 Å². The smallest absolute Gasteiger partial charge is 0.327 e. The second-order valence-corrected chi connectivity index (χ2v) is 5.06. The van der Waals surface area contributed by atoms with Gasteiger partial charge in [0, 0.05) is 12.6 Å². The van der Waals surface area contributed by atoms with Gasteiger partial charge in [0.15, 0.2) is 0 Å². The molecule has 1 atom stereocenters. The van der Waals surface area contributed by atoms with Crippen LogP contribution in [0.4, 0.5) is 0 Å². The Kier molecular flexibility index (Phi) is 5.99. The normalized spacial score (nSPS) is 13.1. The van der Waals surface area contributed by atoms with Crippen LogP contribution in [0.3, 0.4) is 0 Å². The minimum atomic E-state index is -0.480. The summed E-state index contributed by atoms with van der Waals surface area (Å²) >= 11 is 0. The van der Waals surface area contributed by atoms with E-state index in [1.807, 2.05) is 44.2 Å². The predicted octanol–water partition coefficient (Wildman–Crippen LogP) is 2.31. The number of ether oxygens (including phenoxy) is 2. The molecule has 4 nitrogen and oxygen atoms in total. The molecular weight excluding hydrogens is 242 g/mol. The Morgan fingerprint density at radius 1 is 1.32 bits per heavy atom. The Labute approximate surface area is 115 Å². The van der Waals surface area contributed by atoms with Gasteiger partial charge in [-0.25, -0.2) is 4.79 Å². The molecule has 1 unspecified atom stereocenters. The molecule has 0 fully saturated rings. The maximum Gasteiger partial charge on any atom is 0.327 e. The van der Waals surface area contributed by atoms with Crippen molar-refractivity contribution < 1.29 is 14.3 Å². The summed E-state index contributed by atoms with van der Waals surface area (Å²) in [7, 11) is 1.64. The van der Waals surface area contributed by atoms with Gasteiger partial charge in [-0.15, -0.1) is 0 Å². The Hall–Kier alpha value is -1.39. The standard InChI is InChI=1S/C15H23NO3/c1-5-19-14(17)13(12-9-7-6-8-10-12)16-15(2,3)11-18-4/h6-10,13,16H,5,11H2,1-4H3. The summed E-state index contributed by atoms with van der Waals surface area (Å²) < 4.78 is 10.3. The van der Waals surface area contributed by atoms with Gasteiger partial charge in [-0.05, 0) is 26.3 Å². The van der Waals surface area contributed by atoms with Crippen molar-refractivity contribution in [3.05, 3.63) is 35.9 Å². The maximum atomic E-state index is 12.1. The molecule has 0 saturated heterocycles. The first-order valence-corrected chi connectivity index (χ1v) is 6.48. The molecule has 0 bridgehead atoms. The van der Waals surface area contributed by atoms with E-state index in [0.29, 0.717) is 13.2 Å². The van der Waals surface area contributed by atoms with E-state index >= 15 is 0 Å². The fourth-order valence-corrected chi connectivity index (χ4v) is 1.94. The van der Waals surface area contributed by atoms with E-state index in [4.69, 9.17) is 9.47 Å². The Balaban J connectivity index is 2.90. The third-order valence-electron chi connectivity index (χ3n) is 2.70. The van der Waals surface area contributed by atoms with Crippen LogP contribution in [0.15, 0.2) is 30.3 Å². The highest BCUT2D eigenvalue weighted by atomic mass is 16.5. The molecule has 0 aliphatic carbocycles. The summed E-state index contributed by atoms with van der Waals surface area (Å²) in [5, 5.41) is 3.30. The van der Waals surface area contributed by atoms with Crippen molar-refractivity contribution in [3.63, 3.8) is 0 Å². The van der Waals surface area contributed by atoms with Crippen molar-refractivity contribution in [1.82, 2.24) is 5.32 Å². The zero-order chi connectivity index (χ0) is 14.3. The number of methoxy groups -OCH3 is 1. The lowest BCUT2D eigenvalue weighted by Crippen LogP contribution is -2.48. The van der Waals surface area contributed by atoms with Crippen LogP contribution < -0.4 is 5.32 Å². The Morgan fingerprint density at radius 3 is 2.47 bits per heavy atom. The van der Waals surface area contributed by atoms with Crippen LogP contribution in [0.5, 0.6) is 0 Å². The highest BCUT2D eigenvalue weighted by Crippen LogP contribution is 2.18. The number of esters is 1. The van der Waals surface area contributed by atoms with Crippen LogP contribution in [-0.4, -0.2) is 31.8 Å². The SMILES string of the molecule is CCOC(=O)C(NC(C)(C)COC)c1ccccc1. The van der Waals surface area contributed by atoms with Gasteiger partial charge in [-0.3, -0.25) is 5.32 Å². The Bertz CT molecular complexity index is 390. The van der Waals surface area contributed by atoms with Crippen LogP contribution >= 0.6 is 0 Å². The van der Waals surface area contributed by atoms with Gasteiger partial charge < -0.3 is 9.47 Å². The van der Waals surface area contributed by atoms with Gasteiger partial charge in [0.2, 0.25) is 0 Å². The third-order valence-corrected chi connectivity index (χ3v) is 2.70. The summed E-state index contributed by atoms with van der Waals surface area (Å²) in [5.74, 6) is -0.266. The summed E-state index contributed by atoms with van der Waals surface area (Å²) in [6.45, 7) is 6.67. The molecule has 0 aliphatic rings. The monoisotopic (exact) mass is 265 g/mol. The average molecular weight is 265 g/mol. The molecule has 1 aromatic carbocycles. The van der Waals surface area contributed by atoms with E-state index in [9.17, 15) is 4.79 Å². The second kappa shape index (κ2) is 7.26. The fourth-order valence-electron chi connectivity index (χ4n) is 1.94. The van der Waals surface area contributed by atoms with Crippen LogP contribution in [-0.2, 0) is 14.3 Å². The molecule has 0 radical (unpaired) electrons. The average Bonchev–Trinajstić information content (AvgIpc) is 2.37.